The van der Waals surface area contributed by atoms with E-state index in [1.165, 1.54) is 4.90 Å². The van der Waals surface area contributed by atoms with Crippen LogP contribution in [0.1, 0.15) is 33.3 Å². The topological polar surface area (TPSA) is 49.4 Å². The van der Waals surface area contributed by atoms with E-state index in [4.69, 9.17) is 23.2 Å². The standard InChI is InChI=1S/C16H22Cl2N2O2/c1-5-20(10-14(21)19-16(2,3)4)15(22)9-11-6-7-12(17)13(18)8-11/h6-8H,5,9-10H2,1-4H3,(H,19,21). The van der Waals surface area contributed by atoms with E-state index in [0.29, 0.717) is 16.6 Å². The van der Waals surface area contributed by atoms with Crippen molar-refractivity contribution < 1.29 is 9.59 Å². The average Bonchev–Trinajstić information content (AvgIpc) is 2.38. The van der Waals surface area contributed by atoms with Crippen molar-refractivity contribution in [3.63, 3.8) is 0 Å². The van der Waals surface area contributed by atoms with Gasteiger partial charge in [0.25, 0.3) is 0 Å². The molecule has 0 aliphatic carbocycles. The Hall–Kier alpha value is -1.26. The van der Waals surface area contributed by atoms with Crippen LogP contribution in [0.3, 0.4) is 0 Å². The van der Waals surface area contributed by atoms with Crippen LogP contribution in [0, 0.1) is 0 Å². The van der Waals surface area contributed by atoms with Crippen LogP contribution in [-0.4, -0.2) is 35.3 Å². The normalized spacial score (nSPS) is 11.2. The summed E-state index contributed by atoms with van der Waals surface area (Å²) in [5.74, 6) is -0.290. The van der Waals surface area contributed by atoms with Crippen LogP contribution in [0.4, 0.5) is 0 Å². The molecule has 0 saturated carbocycles. The highest BCUT2D eigenvalue weighted by molar-refractivity contribution is 6.42. The van der Waals surface area contributed by atoms with Gasteiger partial charge in [0.15, 0.2) is 0 Å². The molecule has 0 atom stereocenters. The van der Waals surface area contributed by atoms with Gasteiger partial charge < -0.3 is 10.2 Å². The molecule has 0 aromatic heterocycles. The van der Waals surface area contributed by atoms with Crippen molar-refractivity contribution >= 4 is 35.0 Å². The fraction of sp³-hybridized carbons (Fsp3) is 0.500. The fourth-order valence-electron chi connectivity index (χ4n) is 1.94. The minimum absolute atomic E-state index is 0.0495. The zero-order valence-electron chi connectivity index (χ0n) is 13.4. The third kappa shape index (κ3) is 6.24. The Kier molecular flexibility index (Phi) is 6.69. The van der Waals surface area contributed by atoms with Gasteiger partial charge in [-0.1, -0.05) is 29.3 Å². The fourth-order valence-corrected chi connectivity index (χ4v) is 2.26. The van der Waals surface area contributed by atoms with Gasteiger partial charge in [-0.15, -0.1) is 0 Å². The highest BCUT2D eigenvalue weighted by Crippen LogP contribution is 2.23. The summed E-state index contributed by atoms with van der Waals surface area (Å²) in [5, 5.41) is 3.72. The van der Waals surface area contributed by atoms with Gasteiger partial charge in [-0.05, 0) is 45.4 Å². The molecule has 0 fully saturated rings. The lowest BCUT2D eigenvalue weighted by atomic mass is 10.1. The number of nitrogens with zero attached hydrogens (tertiary/aromatic N) is 1. The van der Waals surface area contributed by atoms with E-state index in [0.717, 1.165) is 5.56 Å². The first-order chi connectivity index (χ1) is 10.1. The van der Waals surface area contributed by atoms with Gasteiger partial charge in [0.1, 0.15) is 0 Å². The summed E-state index contributed by atoms with van der Waals surface area (Å²) in [5.41, 5.74) is 0.456. The van der Waals surface area contributed by atoms with Crippen molar-refractivity contribution in [2.75, 3.05) is 13.1 Å². The molecule has 4 nitrogen and oxygen atoms in total. The number of carbonyl (C=O) groups is 2. The quantitative estimate of drug-likeness (QED) is 0.890. The summed E-state index contributed by atoms with van der Waals surface area (Å²) < 4.78 is 0. The molecular formula is C16H22Cl2N2O2. The molecule has 0 unspecified atom stereocenters. The summed E-state index contributed by atoms with van der Waals surface area (Å²) in [6, 6.07) is 5.09. The van der Waals surface area contributed by atoms with Gasteiger partial charge in [-0.25, -0.2) is 0 Å². The van der Waals surface area contributed by atoms with Gasteiger partial charge in [-0.3, -0.25) is 9.59 Å². The van der Waals surface area contributed by atoms with E-state index in [1.54, 1.807) is 18.2 Å². The lowest BCUT2D eigenvalue weighted by Gasteiger charge is -2.25. The average molecular weight is 345 g/mol. The third-order valence-corrected chi connectivity index (χ3v) is 3.66. The Morgan fingerprint density at radius 3 is 2.32 bits per heavy atom. The van der Waals surface area contributed by atoms with Gasteiger partial charge in [-0.2, -0.15) is 0 Å². The number of hydrogen-bond donors (Lipinski definition) is 1. The second kappa shape index (κ2) is 7.84. The first-order valence-electron chi connectivity index (χ1n) is 7.15. The summed E-state index contributed by atoms with van der Waals surface area (Å²) in [4.78, 5) is 25.8. The minimum atomic E-state index is -0.316. The first kappa shape index (κ1) is 18.8. The number of benzene rings is 1. The van der Waals surface area contributed by atoms with Crippen molar-refractivity contribution in [3.8, 4) is 0 Å². The summed E-state index contributed by atoms with van der Waals surface area (Å²) in [6.45, 7) is 8.07. The molecule has 0 heterocycles. The predicted octanol–water partition coefficient (Wildman–Crippen LogP) is 3.30. The van der Waals surface area contributed by atoms with E-state index in [2.05, 4.69) is 5.32 Å². The molecule has 0 bridgehead atoms. The molecule has 1 N–H and O–H groups in total. The molecule has 122 valence electrons. The smallest absolute Gasteiger partial charge is 0.240 e. The monoisotopic (exact) mass is 344 g/mol. The molecular weight excluding hydrogens is 323 g/mol. The maximum Gasteiger partial charge on any atom is 0.240 e. The lowest BCUT2D eigenvalue weighted by molar-refractivity contribution is -0.135. The second-order valence-electron chi connectivity index (χ2n) is 6.13. The van der Waals surface area contributed by atoms with Crippen LogP contribution >= 0.6 is 23.2 Å². The van der Waals surface area contributed by atoms with Crippen LogP contribution in [0.2, 0.25) is 10.0 Å². The predicted molar refractivity (Wildman–Crippen MR) is 90.3 cm³/mol. The number of amides is 2. The molecule has 0 aliphatic rings. The SMILES string of the molecule is CCN(CC(=O)NC(C)(C)C)C(=O)Cc1ccc(Cl)c(Cl)c1. The van der Waals surface area contributed by atoms with Crippen molar-refractivity contribution in [1.82, 2.24) is 10.2 Å². The number of carbonyl (C=O) groups excluding carboxylic acids is 2. The molecule has 22 heavy (non-hydrogen) atoms. The largest absolute Gasteiger partial charge is 0.350 e. The Bertz CT molecular complexity index is 554. The molecule has 1 aromatic carbocycles. The molecule has 1 aromatic rings. The Labute approximate surface area is 141 Å². The van der Waals surface area contributed by atoms with Crippen molar-refractivity contribution in [2.24, 2.45) is 0 Å². The van der Waals surface area contributed by atoms with Crippen molar-refractivity contribution in [2.45, 2.75) is 39.7 Å². The van der Waals surface area contributed by atoms with E-state index in [1.807, 2.05) is 27.7 Å². The molecule has 0 spiro atoms. The van der Waals surface area contributed by atoms with Gasteiger partial charge >= 0.3 is 0 Å². The van der Waals surface area contributed by atoms with E-state index >= 15 is 0 Å². The van der Waals surface area contributed by atoms with E-state index in [-0.39, 0.29) is 30.3 Å². The van der Waals surface area contributed by atoms with E-state index in [9.17, 15) is 9.59 Å². The Morgan fingerprint density at radius 1 is 1.18 bits per heavy atom. The number of likely N-dealkylation sites (N-methyl/N-ethyl adjacent to an activating group) is 1. The summed E-state index contributed by atoms with van der Waals surface area (Å²) in [6.07, 6.45) is 0.188. The van der Waals surface area contributed by atoms with Crippen LogP contribution in [-0.2, 0) is 16.0 Å². The molecule has 1 rings (SSSR count). The molecule has 6 heteroatoms. The second-order valence-corrected chi connectivity index (χ2v) is 6.95. The molecule has 0 aliphatic heterocycles. The van der Waals surface area contributed by atoms with E-state index < -0.39 is 0 Å². The van der Waals surface area contributed by atoms with Crippen LogP contribution in [0.25, 0.3) is 0 Å². The van der Waals surface area contributed by atoms with Gasteiger partial charge in [0.2, 0.25) is 11.8 Å². The maximum atomic E-state index is 12.3. The van der Waals surface area contributed by atoms with Crippen LogP contribution in [0.5, 0.6) is 0 Å². The number of halogens is 2. The molecule has 0 radical (unpaired) electrons. The highest BCUT2D eigenvalue weighted by atomic mass is 35.5. The van der Waals surface area contributed by atoms with Crippen molar-refractivity contribution in [3.05, 3.63) is 33.8 Å². The minimum Gasteiger partial charge on any atom is -0.350 e. The zero-order chi connectivity index (χ0) is 16.9. The first-order valence-corrected chi connectivity index (χ1v) is 7.90. The van der Waals surface area contributed by atoms with Crippen LogP contribution in [0.15, 0.2) is 18.2 Å². The summed E-state index contributed by atoms with van der Waals surface area (Å²) in [7, 11) is 0. The zero-order valence-corrected chi connectivity index (χ0v) is 14.9. The van der Waals surface area contributed by atoms with Gasteiger partial charge in [0, 0.05) is 12.1 Å². The number of hydrogen-bond acceptors (Lipinski definition) is 2. The highest BCUT2D eigenvalue weighted by Gasteiger charge is 2.19. The lowest BCUT2D eigenvalue weighted by Crippen LogP contribution is -2.47. The van der Waals surface area contributed by atoms with Crippen molar-refractivity contribution in [1.29, 1.82) is 0 Å². The maximum absolute atomic E-state index is 12.3. The Balaban J connectivity index is 2.68. The Morgan fingerprint density at radius 2 is 1.82 bits per heavy atom. The number of nitrogens with one attached hydrogen (secondary N) is 1. The van der Waals surface area contributed by atoms with Gasteiger partial charge in [0.05, 0.1) is 23.0 Å². The summed E-state index contributed by atoms with van der Waals surface area (Å²) >= 11 is 11.8. The third-order valence-electron chi connectivity index (χ3n) is 2.92. The molecule has 2 amide bonds. The molecule has 0 saturated heterocycles. The van der Waals surface area contributed by atoms with Crippen LogP contribution < -0.4 is 5.32 Å². The number of rotatable bonds is 5.